The van der Waals surface area contributed by atoms with Gasteiger partial charge in [-0.05, 0) is 49.7 Å². The molecule has 19 heavy (non-hydrogen) atoms. The molecule has 0 atom stereocenters. The molecule has 0 aliphatic rings. The van der Waals surface area contributed by atoms with Crippen molar-refractivity contribution in [1.82, 2.24) is 4.98 Å². The summed E-state index contributed by atoms with van der Waals surface area (Å²) in [6.07, 6.45) is 0. The first-order chi connectivity index (χ1) is 8.88. The number of nitrogens with two attached hydrogens (primary N) is 1. The fraction of sp³-hybridized carbons (Fsp3) is 0.154. The first kappa shape index (κ1) is 13.4. The highest BCUT2D eigenvalue weighted by molar-refractivity contribution is 7.92. The van der Waals surface area contributed by atoms with Crippen molar-refractivity contribution >= 4 is 21.5 Å². The highest BCUT2D eigenvalue weighted by Gasteiger charge is 2.15. The van der Waals surface area contributed by atoms with E-state index in [1.807, 2.05) is 0 Å². The van der Waals surface area contributed by atoms with E-state index in [4.69, 9.17) is 5.73 Å². The zero-order valence-electron chi connectivity index (χ0n) is 10.7. The molecule has 0 spiro atoms. The van der Waals surface area contributed by atoms with Gasteiger partial charge in [-0.3, -0.25) is 4.72 Å². The molecule has 0 saturated carbocycles. The Labute approximate surface area is 112 Å². The lowest BCUT2D eigenvalue weighted by atomic mass is 10.2. The summed E-state index contributed by atoms with van der Waals surface area (Å²) in [4.78, 5) is 4.28. The second kappa shape index (κ2) is 4.89. The maximum Gasteiger partial charge on any atom is 0.263 e. The highest BCUT2D eigenvalue weighted by Crippen LogP contribution is 2.19. The first-order valence-electron chi connectivity index (χ1n) is 5.71. The van der Waals surface area contributed by atoms with Gasteiger partial charge in [0.2, 0.25) is 0 Å². The van der Waals surface area contributed by atoms with E-state index in [-0.39, 0.29) is 4.90 Å². The smallest absolute Gasteiger partial charge is 0.263 e. The van der Waals surface area contributed by atoms with Gasteiger partial charge >= 0.3 is 0 Å². The van der Waals surface area contributed by atoms with Crippen LogP contribution in [-0.2, 0) is 10.0 Å². The molecule has 6 heteroatoms. The Bertz CT molecular complexity index is 712. The SMILES string of the molecule is Cc1cccc(NS(=O)(=O)c2ccc(N)c(C)c2)n1. The number of nitrogen functional groups attached to an aromatic ring is 1. The molecule has 0 fully saturated rings. The van der Waals surface area contributed by atoms with Crippen molar-refractivity contribution < 1.29 is 8.42 Å². The van der Waals surface area contributed by atoms with E-state index >= 15 is 0 Å². The Morgan fingerprint density at radius 1 is 1.16 bits per heavy atom. The number of sulfonamides is 1. The minimum absolute atomic E-state index is 0.169. The molecule has 0 aliphatic carbocycles. The number of aromatic nitrogens is 1. The van der Waals surface area contributed by atoms with Gasteiger partial charge in [0.05, 0.1) is 4.90 Å². The molecule has 0 aliphatic heterocycles. The predicted molar refractivity (Wildman–Crippen MR) is 75.4 cm³/mol. The first-order valence-corrected chi connectivity index (χ1v) is 7.19. The highest BCUT2D eigenvalue weighted by atomic mass is 32.2. The topological polar surface area (TPSA) is 85.1 Å². The second-order valence-electron chi connectivity index (χ2n) is 4.29. The van der Waals surface area contributed by atoms with E-state index in [0.29, 0.717) is 11.5 Å². The molecule has 5 nitrogen and oxygen atoms in total. The molecule has 0 radical (unpaired) electrons. The number of nitrogens with one attached hydrogen (secondary N) is 1. The van der Waals surface area contributed by atoms with Crippen molar-refractivity contribution in [3.63, 3.8) is 0 Å². The Morgan fingerprint density at radius 2 is 1.89 bits per heavy atom. The van der Waals surface area contributed by atoms with Crippen LogP contribution in [0.15, 0.2) is 41.3 Å². The van der Waals surface area contributed by atoms with Crippen LogP contribution < -0.4 is 10.5 Å². The molecule has 3 N–H and O–H groups in total. The lowest BCUT2D eigenvalue weighted by Crippen LogP contribution is -2.14. The van der Waals surface area contributed by atoms with Crippen molar-refractivity contribution in [2.45, 2.75) is 18.7 Å². The van der Waals surface area contributed by atoms with E-state index in [9.17, 15) is 8.42 Å². The van der Waals surface area contributed by atoms with E-state index in [1.165, 1.54) is 12.1 Å². The third-order valence-electron chi connectivity index (χ3n) is 2.68. The van der Waals surface area contributed by atoms with Gasteiger partial charge < -0.3 is 5.73 Å². The summed E-state index contributed by atoms with van der Waals surface area (Å²) < 4.78 is 26.8. The quantitative estimate of drug-likeness (QED) is 0.841. The maximum absolute atomic E-state index is 12.2. The summed E-state index contributed by atoms with van der Waals surface area (Å²) in [6.45, 7) is 3.56. The van der Waals surface area contributed by atoms with E-state index < -0.39 is 10.0 Å². The van der Waals surface area contributed by atoms with Crippen molar-refractivity contribution in [2.75, 3.05) is 10.5 Å². The number of hydrogen-bond acceptors (Lipinski definition) is 4. The Morgan fingerprint density at radius 3 is 2.53 bits per heavy atom. The fourth-order valence-corrected chi connectivity index (χ4v) is 2.70. The van der Waals surface area contributed by atoms with Crippen LogP contribution in [0.5, 0.6) is 0 Å². The fourth-order valence-electron chi connectivity index (χ4n) is 1.61. The van der Waals surface area contributed by atoms with Gasteiger partial charge in [-0.1, -0.05) is 6.07 Å². The lowest BCUT2D eigenvalue weighted by molar-refractivity contribution is 0.601. The molecule has 0 amide bonds. The molecule has 0 saturated heterocycles. The van der Waals surface area contributed by atoms with E-state index in [1.54, 1.807) is 38.1 Å². The summed E-state index contributed by atoms with van der Waals surface area (Å²) in [6, 6.07) is 9.73. The molecule has 2 aromatic rings. The van der Waals surface area contributed by atoms with Crippen LogP contribution in [-0.4, -0.2) is 13.4 Å². The largest absolute Gasteiger partial charge is 0.399 e. The Balaban J connectivity index is 2.35. The number of anilines is 2. The average Bonchev–Trinajstić information content (AvgIpc) is 2.32. The van der Waals surface area contributed by atoms with Gasteiger partial charge in [0.25, 0.3) is 10.0 Å². The normalized spacial score (nSPS) is 11.3. The Kier molecular flexibility index (Phi) is 3.44. The monoisotopic (exact) mass is 277 g/mol. The second-order valence-corrected chi connectivity index (χ2v) is 5.97. The maximum atomic E-state index is 12.2. The number of hydrogen-bond donors (Lipinski definition) is 2. The molecule has 1 aromatic heterocycles. The zero-order chi connectivity index (χ0) is 14.0. The van der Waals surface area contributed by atoms with Crippen LogP contribution in [0.1, 0.15) is 11.3 Å². The van der Waals surface area contributed by atoms with E-state index in [2.05, 4.69) is 9.71 Å². The summed E-state index contributed by atoms with van der Waals surface area (Å²) >= 11 is 0. The predicted octanol–water partition coefficient (Wildman–Crippen LogP) is 2.08. The molecule has 1 heterocycles. The minimum Gasteiger partial charge on any atom is -0.399 e. The number of rotatable bonds is 3. The van der Waals surface area contributed by atoms with Crippen LogP contribution in [0.25, 0.3) is 0 Å². The molecular formula is C13H15N3O2S. The number of nitrogens with zero attached hydrogens (tertiary/aromatic N) is 1. The van der Waals surface area contributed by atoms with Crippen LogP contribution in [0.2, 0.25) is 0 Å². The van der Waals surface area contributed by atoms with Crippen molar-refractivity contribution in [3.05, 3.63) is 47.7 Å². The van der Waals surface area contributed by atoms with Crippen LogP contribution in [0.3, 0.4) is 0 Å². The van der Waals surface area contributed by atoms with Gasteiger partial charge in [-0.2, -0.15) is 0 Å². The number of pyridine rings is 1. The van der Waals surface area contributed by atoms with Crippen LogP contribution >= 0.6 is 0 Å². The van der Waals surface area contributed by atoms with E-state index in [0.717, 1.165) is 11.3 Å². The third kappa shape index (κ3) is 3.03. The summed E-state index contributed by atoms with van der Waals surface area (Å²) in [5.41, 5.74) is 7.71. The van der Waals surface area contributed by atoms with Gasteiger partial charge in [0.15, 0.2) is 0 Å². The van der Waals surface area contributed by atoms with Gasteiger partial charge in [-0.15, -0.1) is 0 Å². The number of benzene rings is 1. The van der Waals surface area contributed by atoms with Gasteiger partial charge in [-0.25, -0.2) is 13.4 Å². The zero-order valence-corrected chi connectivity index (χ0v) is 11.5. The summed E-state index contributed by atoms with van der Waals surface area (Å²) in [7, 11) is -3.64. The molecule has 2 rings (SSSR count). The Hall–Kier alpha value is -2.08. The van der Waals surface area contributed by atoms with Gasteiger partial charge in [0.1, 0.15) is 5.82 Å². The van der Waals surface area contributed by atoms with Crippen molar-refractivity contribution in [2.24, 2.45) is 0 Å². The molecule has 1 aromatic carbocycles. The van der Waals surface area contributed by atoms with Crippen LogP contribution in [0, 0.1) is 13.8 Å². The lowest BCUT2D eigenvalue weighted by Gasteiger charge is -2.09. The van der Waals surface area contributed by atoms with Gasteiger partial charge in [0, 0.05) is 11.4 Å². The third-order valence-corrected chi connectivity index (χ3v) is 4.03. The summed E-state index contributed by atoms with van der Waals surface area (Å²) in [5.74, 6) is 0.300. The molecule has 100 valence electrons. The average molecular weight is 277 g/mol. The van der Waals surface area contributed by atoms with Crippen LogP contribution in [0.4, 0.5) is 11.5 Å². The minimum atomic E-state index is -3.64. The van der Waals surface area contributed by atoms with Crippen molar-refractivity contribution in [3.8, 4) is 0 Å². The molecule has 0 unspecified atom stereocenters. The molecular weight excluding hydrogens is 262 g/mol. The number of aryl methyl sites for hydroxylation is 2. The summed E-state index contributed by atoms with van der Waals surface area (Å²) in [5, 5.41) is 0. The molecule has 0 bridgehead atoms. The van der Waals surface area contributed by atoms with Crippen molar-refractivity contribution in [1.29, 1.82) is 0 Å². The standard InChI is InChI=1S/C13H15N3O2S/c1-9-8-11(6-7-12(9)14)19(17,18)16-13-5-3-4-10(2)15-13/h3-8H,14H2,1-2H3,(H,15,16).